The molecule has 0 saturated carbocycles. The Hall–Kier alpha value is -3.94. The van der Waals surface area contributed by atoms with Crippen molar-refractivity contribution in [3.63, 3.8) is 0 Å². The number of nitrogens with one attached hydrogen (secondary N) is 1. The third kappa shape index (κ3) is 4.07. The third-order valence-corrected chi connectivity index (χ3v) is 4.00. The van der Waals surface area contributed by atoms with Gasteiger partial charge in [-0.25, -0.2) is 9.78 Å². The van der Waals surface area contributed by atoms with Gasteiger partial charge in [-0.05, 0) is 42.5 Å². The predicted octanol–water partition coefficient (Wildman–Crippen LogP) is 4.20. The maximum atomic E-state index is 11.5. The molecule has 0 amide bonds. The van der Waals surface area contributed by atoms with Crippen LogP contribution in [0.15, 0.2) is 60.7 Å². The van der Waals surface area contributed by atoms with Gasteiger partial charge >= 0.3 is 11.7 Å². The maximum Gasteiger partial charge on any atom is 0.337 e. The molecule has 142 valence electrons. The Kier molecular flexibility index (Phi) is 5.50. The van der Waals surface area contributed by atoms with Gasteiger partial charge in [0.05, 0.1) is 30.4 Å². The zero-order chi connectivity index (χ0) is 20.1. The van der Waals surface area contributed by atoms with E-state index >= 15 is 0 Å². The number of benzene rings is 2. The second-order valence-electron chi connectivity index (χ2n) is 5.75. The largest absolute Gasteiger partial charge is 0.497 e. The fourth-order valence-corrected chi connectivity index (χ4v) is 2.58. The molecule has 8 nitrogen and oxygen atoms in total. The zero-order valence-electron chi connectivity index (χ0n) is 15.2. The van der Waals surface area contributed by atoms with Crippen LogP contribution in [-0.4, -0.2) is 30.1 Å². The van der Waals surface area contributed by atoms with E-state index in [1.807, 2.05) is 12.1 Å². The Labute approximate surface area is 160 Å². The summed E-state index contributed by atoms with van der Waals surface area (Å²) in [7, 11) is 2.86. The molecule has 1 aromatic heterocycles. The van der Waals surface area contributed by atoms with Crippen molar-refractivity contribution in [2.45, 2.75) is 0 Å². The standard InChI is InChI=1S/C20H17N3O5/c1-27-16-5-3-4-14(12-16)17-10-11-18(23(25)26)19(22-17)21-15-8-6-13(7-9-15)20(24)28-2/h3-12H,1-2H3,(H,21,22). The molecular formula is C20H17N3O5. The first kappa shape index (κ1) is 18.8. The summed E-state index contributed by atoms with van der Waals surface area (Å²) in [6.07, 6.45) is 0. The van der Waals surface area contributed by atoms with Gasteiger partial charge in [0, 0.05) is 17.3 Å². The molecule has 0 fully saturated rings. The van der Waals surface area contributed by atoms with E-state index in [-0.39, 0.29) is 11.5 Å². The van der Waals surface area contributed by atoms with E-state index in [4.69, 9.17) is 4.74 Å². The lowest BCUT2D eigenvalue weighted by Crippen LogP contribution is -2.03. The second-order valence-corrected chi connectivity index (χ2v) is 5.75. The van der Waals surface area contributed by atoms with Crippen molar-refractivity contribution < 1.29 is 19.2 Å². The first-order valence-corrected chi connectivity index (χ1v) is 8.27. The molecule has 0 aliphatic carbocycles. The van der Waals surface area contributed by atoms with Gasteiger partial charge in [-0.15, -0.1) is 0 Å². The van der Waals surface area contributed by atoms with Crippen molar-refractivity contribution in [2.24, 2.45) is 0 Å². The molecule has 0 saturated heterocycles. The molecular weight excluding hydrogens is 362 g/mol. The SMILES string of the molecule is COC(=O)c1ccc(Nc2nc(-c3cccc(OC)c3)ccc2[N+](=O)[O-])cc1. The van der Waals surface area contributed by atoms with Crippen LogP contribution in [-0.2, 0) is 4.74 Å². The minimum Gasteiger partial charge on any atom is -0.497 e. The van der Waals surface area contributed by atoms with E-state index in [0.29, 0.717) is 22.7 Å². The molecule has 0 aliphatic heterocycles. The summed E-state index contributed by atoms with van der Waals surface area (Å²) in [5, 5.41) is 14.3. The minimum atomic E-state index is -0.506. The molecule has 8 heteroatoms. The topological polar surface area (TPSA) is 104 Å². The van der Waals surface area contributed by atoms with Gasteiger partial charge in [-0.3, -0.25) is 10.1 Å². The number of pyridine rings is 1. The van der Waals surface area contributed by atoms with Crippen molar-refractivity contribution >= 4 is 23.2 Å². The number of hydrogen-bond donors (Lipinski definition) is 1. The van der Waals surface area contributed by atoms with E-state index in [1.165, 1.54) is 13.2 Å². The van der Waals surface area contributed by atoms with E-state index < -0.39 is 10.9 Å². The van der Waals surface area contributed by atoms with Crippen LogP contribution >= 0.6 is 0 Å². The Morgan fingerprint density at radius 2 is 1.82 bits per heavy atom. The van der Waals surface area contributed by atoms with Crippen molar-refractivity contribution in [2.75, 3.05) is 19.5 Å². The minimum absolute atomic E-state index is 0.0936. The quantitative estimate of drug-likeness (QED) is 0.389. The first-order valence-electron chi connectivity index (χ1n) is 8.27. The Morgan fingerprint density at radius 3 is 2.46 bits per heavy atom. The molecule has 28 heavy (non-hydrogen) atoms. The highest BCUT2D eigenvalue weighted by Crippen LogP contribution is 2.30. The van der Waals surface area contributed by atoms with Gasteiger partial charge in [-0.2, -0.15) is 0 Å². The van der Waals surface area contributed by atoms with E-state index in [0.717, 1.165) is 5.56 Å². The normalized spacial score (nSPS) is 10.2. The number of esters is 1. The van der Waals surface area contributed by atoms with Crippen molar-refractivity contribution in [3.05, 3.63) is 76.3 Å². The maximum absolute atomic E-state index is 11.5. The highest BCUT2D eigenvalue weighted by atomic mass is 16.6. The van der Waals surface area contributed by atoms with Crippen molar-refractivity contribution in [1.29, 1.82) is 0 Å². The molecule has 0 radical (unpaired) electrons. The average molecular weight is 379 g/mol. The monoisotopic (exact) mass is 379 g/mol. The van der Waals surface area contributed by atoms with Gasteiger partial charge in [0.2, 0.25) is 5.82 Å². The molecule has 0 spiro atoms. The van der Waals surface area contributed by atoms with Gasteiger partial charge in [0.1, 0.15) is 5.75 Å². The Bertz CT molecular complexity index is 1020. The highest BCUT2D eigenvalue weighted by molar-refractivity contribution is 5.89. The molecule has 0 bridgehead atoms. The lowest BCUT2D eigenvalue weighted by molar-refractivity contribution is -0.384. The number of carbonyl (C=O) groups is 1. The number of hydrogen-bond acceptors (Lipinski definition) is 7. The molecule has 0 atom stereocenters. The zero-order valence-corrected chi connectivity index (χ0v) is 15.2. The summed E-state index contributed by atoms with van der Waals surface area (Å²) in [4.78, 5) is 26.8. The smallest absolute Gasteiger partial charge is 0.337 e. The Morgan fingerprint density at radius 1 is 1.07 bits per heavy atom. The lowest BCUT2D eigenvalue weighted by Gasteiger charge is -2.10. The van der Waals surface area contributed by atoms with Crippen LogP contribution < -0.4 is 10.1 Å². The molecule has 3 rings (SSSR count). The second kappa shape index (κ2) is 8.17. The molecule has 0 aliphatic rings. The summed E-state index contributed by atoms with van der Waals surface area (Å²) in [6.45, 7) is 0. The van der Waals surface area contributed by atoms with Gasteiger partial charge in [-0.1, -0.05) is 12.1 Å². The van der Waals surface area contributed by atoms with Gasteiger partial charge < -0.3 is 14.8 Å². The number of methoxy groups -OCH3 is 2. The summed E-state index contributed by atoms with van der Waals surface area (Å²) < 4.78 is 9.87. The number of nitro groups is 1. The lowest BCUT2D eigenvalue weighted by atomic mass is 10.1. The van der Waals surface area contributed by atoms with Crippen LogP contribution in [0.4, 0.5) is 17.2 Å². The number of ether oxygens (including phenoxy) is 2. The van der Waals surface area contributed by atoms with Crippen molar-refractivity contribution in [3.8, 4) is 17.0 Å². The van der Waals surface area contributed by atoms with Crippen LogP contribution in [0.25, 0.3) is 11.3 Å². The summed E-state index contributed by atoms with van der Waals surface area (Å²) >= 11 is 0. The summed E-state index contributed by atoms with van der Waals surface area (Å²) in [5.74, 6) is 0.289. The number of rotatable bonds is 6. The number of nitrogens with zero attached hydrogens (tertiary/aromatic N) is 2. The summed E-state index contributed by atoms with van der Waals surface area (Å²) in [6, 6.07) is 16.6. The van der Waals surface area contributed by atoms with Crippen LogP contribution in [0.1, 0.15) is 10.4 Å². The number of anilines is 2. The van der Waals surface area contributed by atoms with Crippen LogP contribution in [0.2, 0.25) is 0 Å². The predicted molar refractivity (Wildman–Crippen MR) is 104 cm³/mol. The molecule has 3 aromatic rings. The fourth-order valence-electron chi connectivity index (χ4n) is 2.58. The molecule has 1 heterocycles. The molecule has 1 N–H and O–H groups in total. The van der Waals surface area contributed by atoms with E-state index in [9.17, 15) is 14.9 Å². The summed E-state index contributed by atoms with van der Waals surface area (Å²) in [5.41, 5.74) is 2.08. The van der Waals surface area contributed by atoms with Crippen molar-refractivity contribution in [1.82, 2.24) is 4.98 Å². The number of aromatic nitrogens is 1. The van der Waals surface area contributed by atoms with E-state index in [2.05, 4.69) is 15.0 Å². The van der Waals surface area contributed by atoms with E-state index in [1.54, 1.807) is 49.6 Å². The molecule has 2 aromatic carbocycles. The highest BCUT2D eigenvalue weighted by Gasteiger charge is 2.17. The fraction of sp³-hybridized carbons (Fsp3) is 0.100. The van der Waals surface area contributed by atoms with Crippen LogP contribution in [0.3, 0.4) is 0 Å². The first-order chi connectivity index (χ1) is 13.5. The Balaban J connectivity index is 1.96. The van der Waals surface area contributed by atoms with Crippen LogP contribution in [0, 0.1) is 10.1 Å². The van der Waals surface area contributed by atoms with Crippen LogP contribution in [0.5, 0.6) is 5.75 Å². The average Bonchev–Trinajstić information content (AvgIpc) is 2.73. The number of carbonyl (C=O) groups excluding carboxylic acids is 1. The molecule has 0 unspecified atom stereocenters. The van der Waals surface area contributed by atoms with Gasteiger partial charge in [0.25, 0.3) is 0 Å². The third-order valence-electron chi connectivity index (χ3n) is 4.00. The van der Waals surface area contributed by atoms with Gasteiger partial charge in [0.15, 0.2) is 0 Å².